The molecule has 1 saturated heterocycles. The molecule has 14 heteroatoms. The first-order valence-electron chi connectivity index (χ1n) is 15.3. The number of phosphoric acid groups is 1. The second kappa shape index (κ2) is 19.4. The van der Waals surface area contributed by atoms with E-state index >= 15 is 0 Å². The fourth-order valence-corrected chi connectivity index (χ4v) is 5.81. The number of nitrogens with zero attached hydrogens (tertiary/aromatic N) is 1. The summed E-state index contributed by atoms with van der Waals surface area (Å²) in [4.78, 5) is 58.0. The molecular formula is C28H50N3O10P. The number of aliphatic hydroxyl groups is 1. The van der Waals surface area contributed by atoms with Crippen LogP contribution in [0, 0.1) is 0 Å². The van der Waals surface area contributed by atoms with Crippen LogP contribution in [0.2, 0.25) is 0 Å². The number of carbonyl (C=O) groups excluding carboxylic acids is 1. The first-order valence-corrected chi connectivity index (χ1v) is 16.8. The van der Waals surface area contributed by atoms with Gasteiger partial charge in [-0.3, -0.25) is 23.7 Å². The van der Waals surface area contributed by atoms with E-state index in [1.54, 1.807) is 0 Å². The van der Waals surface area contributed by atoms with Crippen molar-refractivity contribution in [2.24, 2.45) is 0 Å². The van der Waals surface area contributed by atoms with Crippen molar-refractivity contribution < 1.29 is 38.3 Å². The van der Waals surface area contributed by atoms with Crippen molar-refractivity contribution in [2.75, 3.05) is 13.2 Å². The Hall–Kier alpha value is -1.86. The zero-order valence-electron chi connectivity index (χ0n) is 24.9. The molecule has 1 aliphatic heterocycles. The van der Waals surface area contributed by atoms with E-state index in [-0.39, 0.29) is 6.04 Å². The molecule has 13 nitrogen and oxygen atoms in total. The molecule has 1 amide bonds. The maximum atomic E-state index is 13.0. The number of aromatic nitrogens is 2. The van der Waals surface area contributed by atoms with Gasteiger partial charge in [-0.25, -0.2) is 9.36 Å². The van der Waals surface area contributed by atoms with Gasteiger partial charge in [0.2, 0.25) is 5.91 Å². The number of hydrogen-bond donors (Lipinski definition) is 5. The highest BCUT2D eigenvalue weighted by Gasteiger charge is 2.50. The van der Waals surface area contributed by atoms with Crippen molar-refractivity contribution in [3.63, 3.8) is 0 Å². The molecule has 242 valence electrons. The van der Waals surface area contributed by atoms with E-state index in [0.717, 1.165) is 68.2 Å². The Morgan fingerprint density at radius 3 is 2.10 bits per heavy atom. The molecule has 1 aromatic heterocycles. The van der Waals surface area contributed by atoms with Crippen LogP contribution in [0.5, 0.6) is 0 Å². The maximum absolute atomic E-state index is 13.0. The highest BCUT2D eigenvalue weighted by atomic mass is 31.2. The number of rotatable bonds is 22. The van der Waals surface area contributed by atoms with Crippen molar-refractivity contribution >= 4 is 13.7 Å². The van der Waals surface area contributed by atoms with Gasteiger partial charge in [0, 0.05) is 18.3 Å². The predicted octanol–water partition coefficient (Wildman–Crippen LogP) is 3.28. The smallest absolute Gasteiger partial charge is 0.394 e. The Labute approximate surface area is 247 Å². The number of aromatic amines is 1. The Morgan fingerprint density at radius 2 is 1.57 bits per heavy atom. The number of phosphoric ester groups is 1. The Kier molecular flexibility index (Phi) is 16.8. The fourth-order valence-electron chi connectivity index (χ4n) is 5.24. The van der Waals surface area contributed by atoms with E-state index in [1.807, 2.05) is 0 Å². The molecule has 0 bridgehead atoms. The summed E-state index contributed by atoms with van der Waals surface area (Å²) in [6.07, 6.45) is 11.0. The van der Waals surface area contributed by atoms with Gasteiger partial charge >= 0.3 is 13.5 Å². The topological polar surface area (TPSA) is 189 Å². The van der Waals surface area contributed by atoms with Gasteiger partial charge < -0.3 is 29.7 Å². The molecule has 1 fully saturated rings. The molecule has 2 heterocycles. The van der Waals surface area contributed by atoms with Gasteiger partial charge in [0.1, 0.15) is 24.9 Å². The second-order valence-electron chi connectivity index (χ2n) is 11.0. The van der Waals surface area contributed by atoms with Gasteiger partial charge in [-0.2, -0.15) is 0 Å². The molecule has 0 saturated carbocycles. The van der Waals surface area contributed by atoms with E-state index in [1.165, 1.54) is 38.5 Å². The number of H-pyrrole nitrogens is 1. The molecule has 0 radical (unpaired) electrons. The summed E-state index contributed by atoms with van der Waals surface area (Å²) in [5.74, 6) is -0.424. The Morgan fingerprint density at radius 1 is 1.00 bits per heavy atom. The standard InChI is InChI=1S/C28H50N3O10P/c1-3-5-7-9-11-13-15-21(16-14-12-10-8-6-4-2)29-24(34)20-39-26-25(41-42(36,37)38)22(19-32)40-27(26)31-18-17-23(33)30-28(31)35/h17-18,21-22,25-27,32H,3-16,19-20H2,1-2H3,(H,29,34)(H,30,33,35)(H2,36,37,38)/t22-,25-,26-,27-/m1/s1. The van der Waals surface area contributed by atoms with Crippen LogP contribution in [0.15, 0.2) is 21.9 Å². The average molecular weight is 620 g/mol. The summed E-state index contributed by atoms with van der Waals surface area (Å²) >= 11 is 0. The number of hydrogen-bond acceptors (Lipinski definition) is 8. The summed E-state index contributed by atoms with van der Waals surface area (Å²) in [6.45, 7) is 3.16. The molecule has 1 aromatic rings. The minimum Gasteiger partial charge on any atom is -0.394 e. The summed E-state index contributed by atoms with van der Waals surface area (Å²) in [7, 11) is -5.07. The van der Waals surface area contributed by atoms with Crippen LogP contribution in [-0.2, 0) is 23.4 Å². The van der Waals surface area contributed by atoms with Crippen molar-refractivity contribution in [1.82, 2.24) is 14.9 Å². The van der Waals surface area contributed by atoms with Gasteiger partial charge in [0.25, 0.3) is 5.56 Å². The van der Waals surface area contributed by atoms with Crippen LogP contribution in [-0.4, -0.2) is 67.9 Å². The molecule has 42 heavy (non-hydrogen) atoms. The third-order valence-electron chi connectivity index (χ3n) is 7.43. The summed E-state index contributed by atoms with van der Waals surface area (Å²) < 4.78 is 28.9. The predicted molar refractivity (Wildman–Crippen MR) is 157 cm³/mol. The zero-order chi connectivity index (χ0) is 31.0. The number of unbranched alkanes of at least 4 members (excludes halogenated alkanes) is 10. The lowest BCUT2D eigenvalue weighted by Crippen LogP contribution is -2.43. The molecule has 0 aliphatic carbocycles. The molecule has 0 spiro atoms. The lowest BCUT2D eigenvalue weighted by Gasteiger charge is -2.25. The van der Waals surface area contributed by atoms with Gasteiger partial charge in [-0.05, 0) is 12.8 Å². The number of amides is 1. The fraction of sp³-hybridized carbons (Fsp3) is 0.821. The van der Waals surface area contributed by atoms with E-state index in [0.29, 0.717) is 0 Å². The minimum absolute atomic E-state index is 0.0387. The quantitative estimate of drug-likeness (QED) is 0.0951. The van der Waals surface area contributed by atoms with Crippen LogP contribution in [0.3, 0.4) is 0 Å². The first-order chi connectivity index (χ1) is 20.1. The molecular weight excluding hydrogens is 569 g/mol. The molecule has 5 N–H and O–H groups in total. The SMILES string of the molecule is CCCCCCCCC(CCCCCCCC)NC(=O)CO[C@@H]1[C@H](OP(=O)(O)O)[C@@H](CO)O[C@H]1n1ccc(=O)[nH]c1=O. The van der Waals surface area contributed by atoms with Crippen molar-refractivity contribution in [2.45, 2.75) is 134 Å². The first kappa shape index (κ1) is 36.3. The second-order valence-corrected chi connectivity index (χ2v) is 12.2. The maximum Gasteiger partial charge on any atom is 0.470 e. The average Bonchev–Trinajstić information content (AvgIpc) is 3.26. The number of nitrogens with one attached hydrogen (secondary N) is 2. The third kappa shape index (κ3) is 13.2. The summed E-state index contributed by atoms with van der Waals surface area (Å²) in [5.41, 5.74) is -1.52. The monoisotopic (exact) mass is 619 g/mol. The molecule has 4 atom stereocenters. The van der Waals surface area contributed by atoms with Gasteiger partial charge in [0.15, 0.2) is 6.23 Å². The van der Waals surface area contributed by atoms with Crippen LogP contribution in [0.4, 0.5) is 0 Å². The van der Waals surface area contributed by atoms with E-state index < -0.39 is 62.7 Å². The van der Waals surface area contributed by atoms with Crippen LogP contribution < -0.4 is 16.6 Å². The largest absolute Gasteiger partial charge is 0.470 e. The molecule has 0 aromatic carbocycles. The van der Waals surface area contributed by atoms with Crippen LogP contribution in [0.1, 0.15) is 110 Å². The summed E-state index contributed by atoms with van der Waals surface area (Å²) in [6, 6.07) is 1.03. The Bertz CT molecular complexity index is 1060. The van der Waals surface area contributed by atoms with Crippen molar-refractivity contribution in [1.29, 1.82) is 0 Å². The van der Waals surface area contributed by atoms with Gasteiger partial charge in [0.05, 0.1) is 6.61 Å². The number of aliphatic hydroxyl groups excluding tert-OH is 1. The molecule has 2 rings (SSSR count). The highest BCUT2D eigenvalue weighted by Crippen LogP contribution is 2.44. The van der Waals surface area contributed by atoms with E-state index in [4.69, 9.17) is 14.0 Å². The van der Waals surface area contributed by atoms with Crippen LogP contribution in [0.25, 0.3) is 0 Å². The van der Waals surface area contributed by atoms with E-state index in [2.05, 4.69) is 24.1 Å². The lowest BCUT2D eigenvalue weighted by molar-refractivity contribution is -0.133. The zero-order valence-corrected chi connectivity index (χ0v) is 25.8. The van der Waals surface area contributed by atoms with Gasteiger partial charge in [-0.15, -0.1) is 0 Å². The molecule has 0 unspecified atom stereocenters. The lowest BCUT2D eigenvalue weighted by atomic mass is 10.00. The van der Waals surface area contributed by atoms with Crippen molar-refractivity contribution in [3.05, 3.63) is 33.1 Å². The Balaban J connectivity index is 2.08. The van der Waals surface area contributed by atoms with Crippen molar-refractivity contribution in [3.8, 4) is 0 Å². The van der Waals surface area contributed by atoms with Crippen LogP contribution >= 0.6 is 7.82 Å². The number of carbonyl (C=O) groups is 1. The molecule has 1 aliphatic rings. The minimum atomic E-state index is -5.07. The van der Waals surface area contributed by atoms with Gasteiger partial charge in [-0.1, -0.05) is 90.9 Å². The van der Waals surface area contributed by atoms with E-state index in [9.17, 15) is 33.8 Å². The normalized spacial score (nSPS) is 20.8. The highest BCUT2D eigenvalue weighted by molar-refractivity contribution is 7.46. The third-order valence-corrected chi connectivity index (χ3v) is 7.95. The number of ether oxygens (including phenoxy) is 2. The summed E-state index contributed by atoms with van der Waals surface area (Å²) in [5, 5.41) is 12.8.